The van der Waals surface area contributed by atoms with Gasteiger partial charge in [0.15, 0.2) is 0 Å². The summed E-state index contributed by atoms with van der Waals surface area (Å²) >= 11 is 0. The minimum atomic E-state index is -0.579. The summed E-state index contributed by atoms with van der Waals surface area (Å²) in [5.41, 5.74) is 5.73. The van der Waals surface area contributed by atoms with Gasteiger partial charge in [-0.3, -0.25) is 4.79 Å². The number of rotatable bonds is 3. The molecule has 3 fully saturated rings. The van der Waals surface area contributed by atoms with Crippen LogP contribution in [0.4, 0.5) is 0 Å². The quantitative estimate of drug-likeness (QED) is 0.823. The summed E-state index contributed by atoms with van der Waals surface area (Å²) in [5, 5.41) is 3.25. The van der Waals surface area contributed by atoms with Crippen molar-refractivity contribution >= 4 is 5.91 Å². The summed E-state index contributed by atoms with van der Waals surface area (Å²) in [4.78, 5) is 12.5. The normalized spacial score (nSPS) is 38.1. The highest BCUT2D eigenvalue weighted by atomic mass is 16.2. The van der Waals surface area contributed by atoms with Crippen LogP contribution in [0.5, 0.6) is 0 Å². The molecule has 3 aliphatic rings. The SMILES string of the molecule is CC(NC(=O)C1(N)CCCCC1)C1CC2CCC1C2. The third-order valence-electron chi connectivity index (χ3n) is 5.99. The Hall–Kier alpha value is -0.570. The van der Waals surface area contributed by atoms with E-state index in [-0.39, 0.29) is 5.91 Å². The Morgan fingerprint density at radius 3 is 2.53 bits per heavy atom. The van der Waals surface area contributed by atoms with Crippen LogP contribution in [-0.4, -0.2) is 17.5 Å². The molecule has 3 heteroatoms. The maximum absolute atomic E-state index is 12.5. The molecule has 0 aromatic heterocycles. The zero-order valence-electron chi connectivity index (χ0n) is 12.2. The Balaban J connectivity index is 1.57. The van der Waals surface area contributed by atoms with Gasteiger partial charge in [0.25, 0.3) is 0 Å². The predicted octanol–water partition coefficient (Wildman–Crippen LogP) is 2.59. The first-order valence-electron chi connectivity index (χ1n) is 8.18. The summed E-state index contributed by atoms with van der Waals surface area (Å²) in [7, 11) is 0. The van der Waals surface area contributed by atoms with Crippen molar-refractivity contribution in [1.29, 1.82) is 0 Å². The molecule has 4 unspecified atom stereocenters. The fourth-order valence-electron chi connectivity index (χ4n) is 4.77. The Bertz CT molecular complexity index is 349. The van der Waals surface area contributed by atoms with Gasteiger partial charge in [0.05, 0.1) is 5.54 Å². The van der Waals surface area contributed by atoms with Crippen molar-refractivity contribution in [3.05, 3.63) is 0 Å². The van der Waals surface area contributed by atoms with Crippen LogP contribution >= 0.6 is 0 Å². The summed E-state index contributed by atoms with van der Waals surface area (Å²) in [6.45, 7) is 2.19. The van der Waals surface area contributed by atoms with Crippen LogP contribution in [-0.2, 0) is 4.79 Å². The molecule has 0 radical (unpaired) electrons. The highest BCUT2D eigenvalue weighted by Crippen LogP contribution is 2.49. The van der Waals surface area contributed by atoms with Gasteiger partial charge < -0.3 is 11.1 Å². The number of hydrogen-bond donors (Lipinski definition) is 2. The zero-order valence-corrected chi connectivity index (χ0v) is 12.2. The summed E-state index contributed by atoms with van der Waals surface area (Å²) in [6.07, 6.45) is 10.7. The van der Waals surface area contributed by atoms with Gasteiger partial charge in [0.2, 0.25) is 5.91 Å². The second-order valence-electron chi connectivity index (χ2n) is 7.32. The van der Waals surface area contributed by atoms with Gasteiger partial charge in [-0.15, -0.1) is 0 Å². The van der Waals surface area contributed by atoms with E-state index in [1.54, 1.807) is 0 Å². The highest BCUT2D eigenvalue weighted by molar-refractivity contribution is 5.86. The van der Waals surface area contributed by atoms with Gasteiger partial charge in [-0.05, 0) is 56.8 Å². The van der Waals surface area contributed by atoms with Crippen LogP contribution in [0.2, 0.25) is 0 Å². The molecule has 0 heterocycles. The van der Waals surface area contributed by atoms with E-state index in [1.165, 1.54) is 32.1 Å². The molecule has 1 amide bonds. The number of carbonyl (C=O) groups is 1. The number of fused-ring (bicyclic) bond motifs is 2. The maximum atomic E-state index is 12.5. The number of carbonyl (C=O) groups excluding carboxylic acids is 1. The molecule has 0 aliphatic heterocycles. The van der Waals surface area contributed by atoms with Gasteiger partial charge in [-0.2, -0.15) is 0 Å². The van der Waals surface area contributed by atoms with E-state index < -0.39 is 5.54 Å². The van der Waals surface area contributed by atoms with E-state index >= 15 is 0 Å². The fraction of sp³-hybridized carbons (Fsp3) is 0.938. The average Bonchev–Trinajstić information content (AvgIpc) is 3.01. The molecule has 3 saturated carbocycles. The Kier molecular flexibility index (Phi) is 3.59. The van der Waals surface area contributed by atoms with E-state index in [1.807, 2.05) is 0 Å². The van der Waals surface area contributed by atoms with Gasteiger partial charge in [0.1, 0.15) is 0 Å². The minimum absolute atomic E-state index is 0.113. The van der Waals surface area contributed by atoms with Crippen LogP contribution in [0.3, 0.4) is 0 Å². The van der Waals surface area contributed by atoms with Crippen molar-refractivity contribution in [3.63, 3.8) is 0 Å². The minimum Gasteiger partial charge on any atom is -0.352 e. The van der Waals surface area contributed by atoms with Crippen LogP contribution in [0.1, 0.15) is 64.7 Å². The van der Waals surface area contributed by atoms with E-state index in [4.69, 9.17) is 5.73 Å². The van der Waals surface area contributed by atoms with Crippen LogP contribution in [0.25, 0.3) is 0 Å². The molecular formula is C16H28N2O. The van der Waals surface area contributed by atoms with Crippen molar-refractivity contribution in [2.75, 3.05) is 0 Å². The lowest BCUT2D eigenvalue weighted by molar-refractivity contribution is -0.128. The first-order valence-corrected chi connectivity index (χ1v) is 8.18. The molecule has 0 aromatic carbocycles. The van der Waals surface area contributed by atoms with Crippen molar-refractivity contribution in [3.8, 4) is 0 Å². The summed E-state index contributed by atoms with van der Waals surface area (Å²) < 4.78 is 0. The Labute approximate surface area is 116 Å². The monoisotopic (exact) mass is 264 g/mol. The Morgan fingerprint density at radius 2 is 1.95 bits per heavy atom. The standard InChI is InChI=1S/C16H28N2O/c1-11(14-10-12-5-6-13(14)9-12)18-15(19)16(17)7-3-2-4-8-16/h11-14H,2-10,17H2,1H3,(H,18,19). The lowest BCUT2D eigenvalue weighted by Crippen LogP contribution is -2.57. The van der Waals surface area contributed by atoms with E-state index in [9.17, 15) is 4.79 Å². The van der Waals surface area contributed by atoms with E-state index in [0.29, 0.717) is 12.0 Å². The zero-order chi connectivity index (χ0) is 13.5. The molecule has 2 bridgehead atoms. The fourth-order valence-corrected chi connectivity index (χ4v) is 4.77. The summed E-state index contributed by atoms with van der Waals surface area (Å²) in [6, 6.07) is 0.310. The molecule has 3 N–H and O–H groups in total. The first kappa shape index (κ1) is 13.4. The van der Waals surface area contributed by atoms with Gasteiger partial charge in [-0.25, -0.2) is 0 Å². The largest absolute Gasteiger partial charge is 0.352 e. The third-order valence-corrected chi connectivity index (χ3v) is 5.99. The molecule has 108 valence electrons. The smallest absolute Gasteiger partial charge is 0.240 e. The predicted molar refractivity (Wildman–Crippen MR) is 76.5 cm³/mol. The van der Waals surface area contributed by atoms with Crippen molar-refractivity contribution in [2.24, 2.45) is 23.5 Å². The lowest BCUT2D eigenvalue weighted by atomic mass is 9.80. The molecule has 0 saturated heterocycles. The topological polar surface area (TPSA) is 55.1 Å². The third kappa shape index (κ3) is 2.54. The van der Waals surface area contributed by atoms with Crippen molar-refractivity contribution in [1.82, 2.24) is 5.32 Å². The first-order chi connectivity index (χ1) is 9.08. The van der Waals surface area contributed by atoms with Crippen LogP contribution < -0.4 is 11.1 Å². The summed E-state index contributed by atoms with van der Waals surface area (Å²) in [5.74, 6) is 2.62. The molecule has 3 aliphatic carbocycles. The maximum Gasteiger partial charge on any atom is 0.240 e. The van der Waals surface area contributed by atoms with Gasteiger partial charge in [-0.1, -0.05) is 25.7 Å². The van der Waals surface area contributed by atoms with Crippen molar-refractivity contribution in [2.45, 2.75) is 76.3 Å². The van der Waals surface area contributed by atoms with E-state index in [2.05, 4.69) is 12.2 Å². The number of hydrogen-bond acceptors (Lipinski definition) is 2. The molecule has 3 nitrogen and oxygen atoms in total. The molecule has 3 rings (SSSR count). The van der Waals surface area contributed by atoms with Crippen LogP contribution in [0, 0.1) is 17.8 Å². The molecule has 0 spiro atoms. The van der Waals surface area contributed by atoms with Gasteiger partial charge >= 0.3 is 0 Å². The molecule has 4 atom stereocenters. The van der Waals surface area contributed by atoms with Crippen molar-refractivity contribution < 1.29 is 4.79 Å². The molecule has 19 heavy (non-hydrogen) atoms. The second-order valence-corrected chi connectivity index (χ2v) is 7.32. The molecular weight excluding hydrogens is 236 g/mol. The lowest BCUT2D eigenvalue weighted by Gasteiger charge is -2.35. The van der Waals surface area contributed by atoms with Crippen LogP contribution in [0.15, 0.2) is 0 Å². The molecule has 0 aromatic rings. The number of amides is 1. The van der Waals surface area contributed by atoms with Gasteiger partial charge in [0, 0.05) is 6.04 Å². The number of nitrogens with one attached hydrogen (secondary N) is 1. The highest BCUT2D eigenvalue weighted by Gasteiger charge is 2.43. The Morgan fingerprint density at radius 1 is 1.21 bits per heavy atom. The average molecular weight is 264 g/mol. The van der Waals surface area contributed by atoms with E-state index in [0.717, 1.165) is 37.5 Å². The second kappa shape index (κ2) is 5.08. The number of nitrogens with two attached hydrogens (primary N) is 1.